The second-order valence-corrected chi connectivity index (χ2v) is 6.41. The van der Waals surface area contributed by atoms with Gasteiger partial charge in [0.2, 0.25) is 5.89 Å². The number of aromatic nitrogens is 2. The van der Waals surface area contributed by atoms with Crippen molar-refractivity contribution in [3.63, 3.8) is 0 Å². The predicted octanol–water partition coefficient (Wildman–Crippen LogP) is 2.40. The second kappa shape index (κ2) is 7.30. The molecule has 1 atom stereocenters. The Morgan fingerprint density at radius 1 is 1.25 bits per heavy atom. The first kappa shape index (κ1) is 18.0. The van der Waals surface area contributed by atoms with Crippen LogP contribution in [0.2, 0.25) is 0 Å². The van der Waals surface area contributed by atoms with E-state index in [1.165, 1.54) is 14.2 Å². The van der Waals surface area contributed by atoms with Crippen LogP contribution in [-0.4, -0.2) is 42.7 Å². The summed E-state index contributed by atoms with van der Waals surface area (Å²) in [6.07, 6.45) is 3.14. The number of methoxy groups -OCH3 is 2. The van der Waals surface area contributed by atoms with Crippen molar-refractivity contribution in [2.45, 2.75) is 18.9 Å². The Balaban J connectivity index is 1.85. The molecule has 3 aromatic rings. The summed E-state index contributed by atoms with van der Waals surface area (Å²) >= 11 is 0. The molecule has 8 heteroatoms. The number of benzene rings is 1. The Labute approximate surface area is 160 Å². The Hall–Kier alpha value is -3.42. The number of nitrogens with zero attached hydrogens (tertiary/aromatic N) is 3. The Morgan fingerprint density at radius 2 is 2.11 bits per heavy atom. The number of fused-ring (bicyclic) bond motifs is 1. The Morgan fingerprint density at radius 3 is 2.89 bits per heavy atom. The van der Waals surface area contributed by atoms with Gasteiger partial charge in [-0.15, -0.1) is 0 Å². The molecule has 0 spiro atoms. The van der Waals surface area contributed by atoms with Crippen molar-refractivity contribution in [2.75, 3.05) is 25.7 Å². The van der Waals surface area contributed by atoms with E-state index in [0.717, 1.165) is 6.42 Å². The minimum absolute atomic E-state index is 0.143. The number of anilines is 1. The van der Waals surface area contributed by atoms with E-state index < -0.39 is 11.7 Å². The summed E-state index contributed by atoms with van der Waals surface area (Å²) < 4.78 is 15.7. The average molecular weight is 381 g/mol. The van der Waals surface area contributed by atoms with E-state index in [2.05, 4.69) is 9.97 Å². The molecule has 0 saturated carbocycles. The molecule has 2 aromatic heterocycles. The van der Waals surface area contributed by atoms with Gasteiger partial charge in [-0.25, -0.2) is 19.6 Å². The highest BCUT2D eigenvalue weighted by Gasteiger charge is 2.34. The van der Waals surface area contributed by atoms with Gasteiger partial charge in [0.1, 0.15) is 23.0 Å². The summed E-state index contributed by atoms with van der Waals surface area (Å²) in [4.78, 5) is 35.6. The fourth-order valence-electron chi connectivity index (χ4n) is 3.57. The Bertz CT molecular complexity index is 1090. The van der Waals surface area contributed by atoms with E-state index in [0.29, 0.717) is 35.6 Å². The number of hydrogen-bond donors (Lipinski definition) is 0. The van der Waals surface area contributed by atoms with E-state index in [4.69, 9.17) is 13.9 Å². The standard InChI is InChI=1S/C20H19N3O5/c1-26-15-9-3-7-13-16(15)20(25)28-18(22-13)12-6-4-10-21-17(12)23-11-5-8-14(23)19(24)27-2/h3-4,6-7,9-10,14H,5,8,11H2,1-2H3/t14-/m0/s1. The molecule has 0 unspecified atom stereocenters. The van der Waals surface area contributed by atoms with Crippen LogP contribution in [0.5, 0.6) is 5.75 Å². The van der Waals surface area contributed by atoms with Crippen LogP contribution >= 0.6 is 0 Å². The maximum atomic E-state index is 12.6. The molecule has 0 amide bonds. The van der Waals surface area contributed by atoms with Crippen molar-refractivity contribution in [1.29, 1.82) is 0 Å². The third kappa shape index (κ3) is 2.96. The third-order valence-corrected chi connectivity index (χ3v) is 4.85. The van der Waals surface area contributed by atoms with E-state index in [-0.39, 0.29) is 17.2 Å². The minimum Gasteiger partial charge on any atom is -0.496 e. The summed E-state index contributed by atoms with van der Waals surface area (Å²) in [6.45, 7) is 0.648. The van der Waals surface area contributed by atoms with Crippen LogP contribution in [0, 0.1) is 0 Å². The number of esters is 1. The number of rotatable bonds is 4. The maximum Gasteiger partial charge on any atom is 0.350 e. The van der Waals surface area contributed by atoms with Gasteiger partial charge in [0.15, 0.2) is 0 Å². The summed E-state index contributed by atoms with van der Waals surface area (Å²) in [5.74, 6) is 0.770. The van der Waals surface area contributed by atoms with Crippen LogP contribution in [0.4, 0.5) is 5.82 Å². The first-order valence-corrected chi connectivity index (χ1v) is 8.91. The van der Waals surface area contributed by atoms with E-state index in [9.17, 15) is 9.59 Å². The maximum absolute atomic E-state index is 12.6. The van der Waals surface area contributed by atoms with Crippen molar-refractivity contribution < 1.29 is 18.7 Å². The first-order valence-electron chi connectivity index (χ1n) is 8.91. The molecule has 3 heterocycles. The third-order valence-electron chi connectivity index (χ3n) is 4.85. The molecule has 1 saturated heterocycles. The highest BCUT2D eigenvalue weighted by Crippen LogP contribution is 2.33. The highest BCUT2D eigenvalue weighted by atomic mass is 16.5. The zero-order valence-corrected chi connectivity index (χ0v) is 15.5. The van der Waals surface area contributed by atoms with Crippen LogP contribution < -0.4 is 15.3 Å². The van der Waals surface area contributed by atoms with Gasteiger partial charge >= 0.3 is 11.6 Å². The van der Waals surface area contributed by atoms with Gasteiger partial charge in [-0.05, 0) is 37.1 Å². The molecule has 0 aliphatic carbocycles. The van der Waals surface area contributed by atoms with E-state index in [1.54, 1.807) is 36.5 Å². The van der Waals surface area contributed by atoms with Gasteiger partial charge in [-0.3, -0.25) is 0 Å². The number of carbonyl (C=O) groups excluding carboxylic acids is 1. The van der Waals surface area contributed by atoms with Crippen LogP contribution in [0.1, 0.15) is 12.8 Å². The average Bonchev–Trinajstić information content (AvgIpc) is 3.22. The lowest BCUT2D eigenvalue weighted by atomic mass is 10.2. The molecule has 1 aliphatic heterocycles. The first-order chi connectivity index (χ1) is 13.6. The minimum atomic E-state index is -0.543. The zero-order valence-electron chi connectivity index (χ0n) is 15.5. The number of pyridine rings is 1. The smallest absolute Gasteiger partial charge is 0.350 e. The zero-order chi connectivity index (χ0) is 19.7. The SMILES string of the molecule is COC(=O)[C@@H]1CCCN1c1ncccc1-c1nc2cccc(OC)c2c(=O)o1. The number of ether oxygens (including phenoxy) is 2. The normalized spacial score (nSPS) is 16.4. The lowest BCUT2D eigenvalue weighted by molar-refractivity contribution is -0.141. The summed E-state index contributed by atoms with van der Waals surface area (Å²) in [5, 5.41) is 0.285. The molecule has 144 valence electrons. The molecule has 4 rings (SSSR count). The van der Waals surface area contributed by atoms with Crippen LogP contribution in [-0.2, 0) is 9.53 Å². The Kier molecular flexibility index (Phi) is 4.68. The van der Waals surface area contributed by atoms with E-state index >= 15 is 0 Å². The van der Waals surface area contributed by atoms with Crippen molar-refractivity contribution in [3.8, 4) is 17.2 Å². The van der Waals surface area contributed by atoms with Crippen LogP contribution in [0.3, 0.4) is 0 Å². The van der Waals surface area contributed by atoms with Gasteiger partial charge in [-0.1, -0.05) is 6.07 Å². The van der Waals surface area contributed by atoms with Gasteiger partial charge in [0, 0.05) is 12.7 Å². The molecular weight excluding hydrogens is 362 g/mol. The highest BCUT2D eigenvalue weighted by molar-refractivity contribution is 5.86. The van der Waals surface area contributed by atoms with Gasteiger partial charge in [0.05, 0.1) is 25.3 Å². The fraction of sp³-hybridized carbons (Fsp3) is 0.300. The molecule has 0 bridgehead atoms. The van der Waals surface area contributed by atoms with Crippen molar-refractivity contribution in [2.24, 2.45) is 0 Å². The number of carbonyl (C=O) groups is 1. The summed E-state index contributed by atoms with van der Waals surface area (Å²) in [7, 11) is 2.86. The molecule has 1 aromatic carbocycles. The van der Waals surface area contributed by atoms with E-state index in [1.807, 2.05) is 4.90 Å². The summed E-state index contributed by atoms with van der Waals surface area (Å²) in [5.41, 5.74) is 0.463. The molecule has 1 fully saturated rings. The van der Waals surface area contributed by atoms with Crippen molar-refractivity contribution >= 4 is 22.7 Å². The lowest BCUT2D eigenvalue weighted by Gasteiger charge is -2.25. The van der Waals surface area contributed by atoms with Gasteiger partial charge < -0.3 is 18.8 Å². The molecule has 8 nitrogen and oxygen atoms in total. The molecule has 0 N–H and O–H groups in total. The second-order valence-electron chi connectivity index (χ2n) is 6.41. The lowest BCUT2D eigenvalue weighted by Crippen LogP contribution is -2.37. The molecule has 28 heavy (non-hydrogen) atoms. The monoisotopic (exact) mass is 381 g/mol. The molecular formula is C20H19N3O5. The fourth-order valence-corrected chi connectivity index (χ4v) is 3.57. The number of hydrogen-bond acceptors (Lipinski definition) is 8. The molecule has 1 aliphatic rings. The van der Waals surface area contributed by atoms with Gasteiger partial charge in [0.25, 0.3) is 0 Å². The molecule has 0 radical (unpaired) electrons. The largest absolute Gasteiger partial charge is 0.496 e. The topological polar surface area (TPSA) is 94.8 Å². The van der Waals surface area contributed by atoms with Crippen molar-refractivity contribution in [1.82, 2.24) is 9.97 Å². The van der Waals surface area contributed by atoms with Crippen LogP contribution in [0.15, 0.2) is 45.7 Å². The quantitative estimate of drug-likeness (QED) is 0.636. The predicted molar refractivity (Wildman–Crippen MR) is 102 cm³/mol. The van der Waals surface area contributed by atoms with Crippen LogP contribution in [0.25, 0.3) is 22.4 Å². The summed E-state index contributed by atoms with van der Waals surface area (Å²) in [6, 6.07) is 8.25. The van der Waals surface area contributed by atoms with Crippen molar-refractivity contribution in [3.05, 3.63) is 46.9 Å². The van der Waals surface area contributed by atoms with Gasteiger partial charge in [-0.2, -0.15) is 0 Å².